The van der Waals surface area contributed by atoms with Gasteiger partial charge in [0.25, 0.3) is 0 Å². The van der Waals surface area contributed by atoms with Crippen LogP contribution in [0.15, 0.2) is 35.7 Å². The van der Waals surface area contributed by atoms with Crippen LogP contribution in [-0.2, 0) is 4.79 Å². The topological polar surface area (TPSA) is 34.9 Å². The van der Waals surface area contributed by atoms with Crippen molar-refractivity contribution < 1.29 is 4.79 Å². The summed E-state index contributed by atoms with van der Waals surface area (Å²) in [6.07, 6.45) is 7.69. The summed E-state index contributed by atoms with van der Waals surface area (Å²) in [5, 5.41) is 0.994. The van der Waals surface area contributed by atoms with Gasteiger partial charge in [-0.15, -0.1) is 0 Å². The maximum atomic E-state index is 12.0. The molecular weight excluding hydrogens is 280 g/mol. The predicted octanol–water partition coefficient (Wildman–Crippen LogP) is 4.09. The van der Waals surface area contributed by atoms with E-state index < -0.39 is 0 Å². The molecule has 4 heteroatoms. The first kappa shape index (κ1) is 14.4. The minimum atomic E-state index is 0.0741. The summed E-state index contributed by atoms with van der Waals surface area (Å²) in [6.45, 7) is 4.20. The van der Waals surface area contributed by atoms with Gasteiger partial charge in [-0.3, -0.25) is 9.36 Å². The molecule has 0 saturated heterocycles. The first-order chi connectivity index (χ1) is 10.1. The lowest BCUT2D eigenvalue weighted by molar-refractivity contribution is -0.119. The number of rotatable bonds is 3. The first-order valence-corrected chi connectivity index (χ1v) is 8.33. The fourth-order valence-electron chi connectivity index (χ4n) is 2.74. The molecule has 3 rings (SSSR count). The quantitative estimate of drug-likeness (QED) is 0.856. The van der Waals surface area contributed by atoms with E-state index in [0.717, 1.165) is 36.5 Å². The van der Waals surface area contributed by atoms with Crippen LogP contribution in [0.2, 0.25) is 0 Å². The van der Waals surface area contributed by atoms with Crippen molar-refractivity contribution in [3.8, 4) is 5.69 Å². The highest BCUT2D eigenvalue weighted by Crippen LogP contribution is 2.32. The van der Waals surface area contributed by atoms with Crippen molar-refractivity contribution in [3.63, 3.8) is 0 Å². The first-order valence-electron chi connectivity index (χ1n) is 7.45. The molecule has 0 amide bonds. The maximum Gasteiger partial charge on any atom is 0.173 e. The molecule has 1 fully saturated rings. The van der Waals surface area contributed by atoms with Crippen molar-refractivity contribution in [3.05, 3.63) is 41.7 Å². The third-order valence-corrected chi connectivity index (χ3v) is 5.27. The summed E-state index contributed by atoms with van der Waals surface area (Å²) < 4.78 is 2.11. The average molecular weight is 300 g/mol. The molecule has 1 heterocycles. The van der Waals surface area contributed by atoms with Gasteiger partial charge < -0.3 is 0 Å². The van der Waals surface area contributed by atoms with Gasteiger partial charge in [0.05, 0.1) is 10.9 Å². The van der Waals surface area contributed by atoms with Crippen LogP contribution in [0.3, 0.4) is 0 Å². The van der Waals surface area contributed by atoms with E-state index in [1.807, 2.05) is 12.4 Å². The van der Waals surface area contributed by atoms with Crippen LogP contribution in [0.25, 0.3) is 5.69 Å². The zero-order valence-corrected chi connectivity index (χ0v) is 13.3. The predicted molar refractivity (Wildman–Crippen MR) is 86.2 cm³/mol. The molecule has 1 aliphatic carbocycles. The monoisotopic (exact) mass is 300 g/mol. The van der Waals surface area contributed by atoms with Crippen molar-refractivity contribution in [1.82, 2.24) is 9.55 Å². The Hall–Kier alpha value is -1.55. The minimum Gasteiger partial charge on any atom is -0.298 e. The lowest BCUT2D eigenvalue weighted by atomic mass is 9.99. The van der Waals surface area contributed by atoms with Crippen LogP contribution in [-0.4, -0.2) is 20.6 Å². The van der Waals surface area contributed by atoms with Gasteiger partial charge in [-0.2, -0.15) is 0 Å². The Bertz CT molecular complexity index is 663. The fraction of sp³-hybridized carbons (Fsp3) is 0.412. The van der Waals surface area contributed by atoms with Crippen molar-refractivity contribution in [2.45, 2.75) is 49.9 Å². The number of carbonyl (C=O) groups excluding carboxylic acids is 1. The normalized spacial score (nSPS) is 19.0. The maximum absolute atomic E-state index is 12.0. The number of Topliss-reactive ketones (excluding diaryl/α,β-unsaturated/α-hetero) is 1. The van der Waals surface area contributed by atoms with Crippen molar-refractivity contribution in [1.29, 1.82) is 0 Å². The smallest absolute Gasteiger partial charge is 0.173 e. The Balaban J connectivity index is 1.90. The number of hydrogen-bond acceptors (Lipinski definition) is 3. The third kappa shape index (κ3) is 3.05. The van der Waals surface area contributed by atoms with E-state index in [0.29, 0.717) is 5.78 Å². The Morgan fingerprint density at radius 2 is 2.14 bits per heavy atom. The summed E-state index contributed by atoms with van der Waals surface area (Å²) in [5.74, 6) is 0.377. The van der Waals surface area contributed by atoms with Gasteiger partial charge in [-0.25, -0.2) is 4.98 Å². The zero-order valence-electron chi connectivity index (χ0n) is 12.5. The summed E-state index contributed by atoms with van der Waals surface area (Å²) in [5.41, 5.74) is 3.60. The number of benzene rings is 1. The number of carbonyl (C=O) groups is 1. The van der Waals surface area contributed by atoms with Crippen LogP contribution in [0.4, 0.5) is 0 Å². The Morgan fingerprint density at radius 3 is 2.95 bits per heavy atom. The van der Waals surface area contributed by atoms with Gasteiger partial charge in [0.2, 0.25) is 0 Å². The van der Waals surface area contributed by atoms with E-state index in [2.05, 4.69) is 41.6 Å². The third-order valence-electron chi connectivity index (χ3n) is 3.98. The number of aromatic nitrogens is 2. The van der Waals surface area contributed by atoms with Crippen molar-refractivity contribution >= 4 is 17.5 Å². The van der Waals surface area contributed by atoms with Crippen molar-refractivity contribution in [2.24, 2.45) is 0 Å². The summed E-state index contributed by atoms with van der Waals surface area (Å²) in [6, 6.07) is 6.42. The fourth-order valence-corrected chi connectivity index (χ4v) is 3.92. The van der Waals surface area contributed by atoms with E-state index in [1.54, 1.807) is 11.8 Å². The number of hydrogen-bond donors (Lipinski definition) is 0. The van der Waals surface area contributed by atoms with Crippen molar-refractivity contribution in [2.75, 3.05) is 0 Å². The highest BCUT2D eigenvalue weighted by molar-refractivity contribution is 8.00. The molecule has 21 heavy (non-hydrogen) atoms. The lowest BCUT2D eigenvalue weighted by Gasteiger charge is -2.20. The van der Waals surface area contributed by atoms with Gasteiger partial charge in [-0.05, 0) is 43.9 Å². The van der Waals surface area contributed by atoms with E-state index in [9.17, 15) is 4.79 Å². The molecule has 1 aliphatic rings. The second kappa shape index (κ2) is 6.06. The highest BCUT2D eigenvalue weighted by Gasteiger charge is 2.25. The van der Waals surface area contributed by atoms with Crippen LogP contribution < -0.4 is 0 Å². The van der Waals surface area contributed by atoms with Crippen LogP contribution in [0.1, 0.15) is 36.8 Å². The van der Waals surface area contributed by atoms with E-state index >= 15 is 0 Å². The second-order valence-corrected chi connectivity index (χ2v) is 6.86. The van der Waals surface area contributed by atoms with Gasteiger partial charge in [0.15, 0.2) is 5.16 Å². The number of ketones is 1. The molecule has 110 valence electrons. The number of imidazole rings is 1. The average Bonchev–Trinajstić information content (AvgIpc) is 2.92. The molecule has 2 aromatic rings. The van der Waals surface area contributed by atoms with Gasteiger partial charge in [0, 0.05) is 18.8 Å². The molecule has 1 atom stereocenters. The highest BCUT2D eigenvalue weighted by atomic mass is 32.2. The summed E-state index contributed by atoms with van der Waals surface area (Å²) in [7, 11) is 0. The van der Waals surface area contributed by atoms with Crippen LogP contribution in [0, 0.1) is 13.8 Å². The Labute approximate surface area is 129 Å². The second-order valence-electron chi connectivity index (χ2n) is 5.69. The van der Waals surface area contributed by atoms with E-state index in [-0.39, 0.29) is 5.25 Å². The molecule has 0 unspecified atom stereocenters. The lowest BCUT2D eigenvalue weighted by Crippen LogP contribution is -2.21. The number of aryl methyl sites for hydroxylation is 2. The molecular formula is C17H20N2OS. The minimum absolute atomic E-state index is 0.0741. The molecule has 1 saturated carbocycles. The largest absolute Gasteiger partial charge is 0.298 e. The van der Waals surface area contributed by atoms with Gasteiger partial charge >= 0.3 is 0 Å². The molecule has 0 bridgehead atoms. The molecule has 0 N–H and O–H groups in total. The molecule has 3 nitrogen and oxygen atoms in total. The van der Waals surface area contributed by atoms with Gasteiger partial charge in [-0.1, -0.05) is 30.3 Å². The Morgan fingerprint density at radius 1 is 1.29 bits per heavy atom. The summed E-state index contributed by atoms with van der Waals surface area (Å²) >= 11 is 1.62. The zero-order chi connectivity index (χ0) is 14.8. The van der Waals surface area contributed by atoms with E-state index in [1.165, 1.54) is 11.1 Å². The molecule has 1 aromatic heterocycles. The standard InChI is InChI=1S/C17H20N2OS/c1-12-7-8-13(2)14(11-12)19-10-9-18-17(19)21-16-6-4-3-5-15(16)20/h7-11,16H,3-6H2,1-2H3/t16-/m0/s1. The summed E-state index contributed by atoms with van der Waals surface area (Å²) in [4.78, 5) is 16.5. The molecule has 0 radical (unpaired) electrons. The molecule has 0 aliphatic heterocycles. The molecule has 0 spiro atoms. The number of thioether (sulfide) groups is 1. The van der Waals surface area contributed by atoms with Crippen LogP contribution >= 0.6 is 11.8 Å². The SMILES string of the molecule is Cc1ccc(C)c(-n2ccnc2S[C@H]2CCCCC2=O)c1. The number of nitrogens with zero attached hydrogens (tertiary/aromatic N) is 2. The molecule has 1 aromatic carbocycles. The van der Waals surface area contributed by atoms with Crippen LogP contribution in [0.5, 0.6) is 0 Å². The Kier molecular flexibility index (Phi) is 4.15. The van der Waals surface area contributed by atoms with E-state index in [4.69, 9.17) is 0 Å². The van der Waals surface area contributed by atoms with Gasteiger partial charge in [0.1, 0.15) is 5.78 Å².